The molecule has 146 valence electrons. The Morgan fingerprint density at radius 1 is 1.30 bits per heavy atom. The van der Waals surface area contributed by atoms with Crippen LogP contribution in [0.5, 0.6) is 0 Å². The SMILES string of the molecule is CC1=C(c2ccc([N+](=O)[O-])cc2)C(Br)C(C)(C(=O)O)N1C(=O)OC(C)(C)C. The number of nitro benzene ring substituents is 1. The Balaban J connectivity index is 2.58. The van der Waals surface area contributed by atoms with Gasteiger partial charge in [-0.15, -0.1) is 0 Å². The van der Waals surface area contributed by atoms with E-state index < -0.39 is 33.0 Å². The van der Waals surface area contributed by atoms with Gasteiger partial charge in [0.05, 0.1) is 9.75 Å². The van der Waals surface area contributed by atoms with Crippen molar-refractivity contribution in [1.82, 2.24) is 4.90 Å². The first-order valence-electron chi connectivity index (χ1n) is 8.17. The van der Waals surface area contributed by atoms with Crippen LogP contribution in [-0.4, -0.2) is 43.0 Å². The summed E-state index contributed by atoms with van der Waals surface area (Å²) < 4.78 is 5.40. The fourth-order valence-corrected chi connectivity index (χ4v) is 4.00. The summed E-state index contributed by atoms with van der Waals surface area (Å²) in [7, 11) is 0. The molecule has 27 heavy (non-hydrogen) atoms. The third kappa shape index (κ3) is 3.69. The van der Waals surface area contributed by atoms with Gasteiger partial charge in [0.2, 0.25) is 0 Å². The van der Waals surface area contributed by atoms with Crippen LogP contribution in [0.1, 0.15) is 40.2 Å². The Bertz CT molecular complexity index is 827. The topological polar surface area (TPSA) is 110 Å². The zero-order valence-electron chi connectivity index (χ0n) is 15.6. The summed E-state index contributed by atoms with van der Waals surface area (Å²) in [5.74, 6) is -1.20. The molecular formula is C18H21BrN2O6. The maximum atomic E-state index is 12.8. The van der Waals surface area contributed by atoms with Crippen LogP contribution in [0, 0.1) is 10.1 Å². The average molecular weight is 441 g/mol. The van der Waals surface area contributed by atoms with Gasteiger partial charge in [0.15, 0.2) is 5.54 Å². The molecule has 0 bridgehead atoms. The highest BCUT2D eigenvalue weighted by molar-refractivity contribution is 9.09. The van der Waals surface area contributed by atoms with Gasteiger partial charge >= 0.3 is 12.1 Å². The number of carboxylic acids is 1. The number of ether oxygens (including phenoxy) is 1. The lowest BCUT2D eigenvalue weighted by atomic mass is 9.92. The van der Waals surface area contributed by atoms with Gasteiger partial charge in [-0.1, -0.05) is 15.9 Å². The van der Waals surface area contributed by atoms with Crippen LogP contribution in [0.2, 0.25) is 0 Å². The minimum absolute atomic E-state index is 0.0777. The Morgan fingerprint density at radius 2 is 1.81 bits per heavy atom. The fraction of sp³-hybridized carbons (Fsp3) is 0.444. The predicted octanol–water partition coefficient (Wildman–Crippen LogP) is 4.18. The van der Waals surface area contributed by atoms with Crippen LogP contribution >= 0.6 is 15.9 Å². The smallest absolute Gasteiger partial charge is 0.415 e. The second kappa shape index (κ2) is 6.95. The number of nitro groups is 1. The molecule has 1 aliphatic heterocycles. The molecule has 1 aromatic rings. The van der Waals surface area contributed by atoms with Crippen LogP contribution in [0.3, 0.4) is 0 Å². The van der Waals surface area contributed by atoms with Crippen molar-refractivity contribution in [3.05, 3.63) is 45.6 Å². The summed E-state index contributed by atoms with van der Waals surface area (Å²) in [5, 5.41) is 20.7. The van der Waals surface area contributed by atoms with E-state index in [1.165, 1.54) is 31.2 Å². The van der Waals surface area contributed by atoms with E-state index >= 15 is 0 Å². The van der Waals surface area contributed by atoms with Crippen LogP contribution in [0.15, 0.2) is 30.0 Å². The lowest BCUT2D eigenvalue weighted by Gasteiger charge is -2.35. The number of carbonyl (C=O) groups excluding carboxylic acids is 1. The van der Waals surface area contributed by atoms with Crippen LogP contribution in [-0.2, 0) is 9.53 Å². The van der Waals surface area contributed by atoms with E-state index in [0.29, 0.717) is 16.8 Å². The summed E-state index contributed by atoms with van der Waals surface area (Å²) in [6.45, 7) is 8.15. The van der Waals surface area contributed by atoms with E-state index in [0.717, 1.165) is 4.90 Å². The summed E-state index contributed by atoms with van der Waals surface area (Å²) in [6.07, 6.45) is -0.772. The highest BCUT2D eigenvalue weighted by atomic mass is 79.9. The van der Waals surface area contributed by atoms with Crippen LogP contribution < -0.4 is 0 Å². The van der Waals surface area contributed by atoms with Gasteiger partial charge in [0, 0.05) is 17.8 Å². The molecule has 0 spiro atoms. The molecule has 0 fully saturated rings. The lowest BCUT2D eigenvalue weighted by Crippen LogP contribution is -2.56. The first kappa shape index (κ1) is 20.9. The molecule has 0 aliphatic carbocycles. The van der Waals surface area contributed by atoms with Crippen molar-refractivity contribution in [2.75, 3.05) is 0 Å². The van der Waals surface area contributed by atoms with E-state index in [2.05, 4.69) is 15.9 Å². The molecule has 2 atom stereocenters. The number of carboxylic acid groups (broad SMARTS) is 1. The van der Waals surface area contributed by atoms with Crippen molar-refractivity contribution in [3.8, 4) is 0 Å². The number of nitrogens with zero attached hydrogens (tertiary/aromatic N) is 2. The standard InChI is InChI=1S/C18H21BrN2O6/c1-10-13(11-6-8-12(9-7-11)21(25)26)14(19)18(5,15(22)23)20(10)16(24)27-17(2,3)4/h6-9,14H,1-5H3,(H,22,23). The third-order valence-corrected chi connectivity index (χ3v) is 5.68. The molecule has 2 unspecified atom stereocenters. The average Bonchev–Trinajstić information content (AvgIpc) is 2.73. The number of hydrogen-bond donors (Lipinski definition) is 1. The molecule has 0 saturated carbocycles. The number of amides is 1. The predicted molar refractivity (Wildman–Crippen MR) is 103 cm³/mol. The molecular weight excluding hydrogens is 420 g/mol. The molecule has 0 radical (unpaired) electrons. The Kier molecular flexibility index (Phi) is 5.38. The molecule has 9 heteroatoms. The van der Waals surface area contributed by atoms with Crippen LogP contribution in [0.25, 0.3) is 5.57 Å². The Morgan fingerprint density at radius 3 is 2.22 bits per heavy atom. The van der Waals surface area contributed by atoms with Gasteiger partial charge in [0.25, 0.3) is 5.69 Å². The largest absolute Gasteiger partial charge is 0.479 e. The van der Waals surface area contributed by atoms with Gasteiger partial charge in [-0.2, -0.15) is 0 Å². The molecule has 1 aromatic carbocycles. The molecule has 1 heterocycles. The van der Waals surface area contributed by atoms with E-state index in [9.17, 15) is 24.8 Å². The van der Waals surface area contributed by atoms with Crippen molar-refractivity contribution in [1.29, 1.82) is 0 Å². The highest BCUT2D eigenvalue weighted by Crippen LogP contribution is 2.47. The minimum Gasteiger partial charge on any atom is -0.479 e. The molecule has 1 aliphatic rings. The first-order chi connectivity index (χ1) is 12.3. The quantitative estimate of drug-likeness (QED) is 0.428. The molecule has 0 saturated heterocycles. The fourth-order valence-electron chi connectivity index (χ4n) is 3.00. The molecule has 8 nitrogen and oxygen atoms in total. The van der Waals surface area contributed by atoms with Gasteiger partial charge in [-0.25, -0.2) is 9.59 Å². The van der Waals surface area contributed by atoms with Crippen molar-refractivity contribution >= 4 is 39.3 Å². The van der Waals surface area contributed by atoms with Gasteiger partial charge in [-0.3, -0.25) is 15.0 Å². The summed E-state index contributed by atoms with van der Waals surface area (Å²) in [5.41, 5.74) is -0.951. The van der Waals surface area contributed by atoms with Crippen molar-refractivity contribution < 1.29 is 24.4 Å². The Labute approximate surface area is 165 Å². The van der Waals surface area contributed by atoms with Crippen LogP contribution in [0.4, 0.5) is 10.5 Å². The first-order valence-corrected chi connectivity index (χ1v) is 9.08. The summed E-state index contributed by atoms with van der Waals surface area (Å²) in [4.78, 5) is 35.6. The molecule has 1 amide bonds. The zero-order valence-corrected chi connectivity index (χ0v) is 17.2. The molecule has 0 aromatic heterocycles. The van der Waals surface area contributed by atoms with Crippen molar-refractivity contribution in [2.24, 2.45) is 0 Å². The van der Waals surface area contributed by atoms with Crippen molar-refractivity contribution in [2.45, 2.75) is 50.6 Å². The van der Waals surface area contributed by atoms with Gasteiger partial charge in [0.1, 0.15) is 5.60 Å². The number of allylic oxidation sites excluding steroid dienone is 1. The van der Waals surface area contributed by atoms with E-state index in [1.54, 1.807) is 27.7 Å². The number of halogens is 1. The maximum Gasteiger partial charge on any atom is 0.415 e. The molecule has 2 rings (SSSR count). The van der Waals surface area contributed by atoms with Gasteiger partial charge < -0.3 is 9.84 Å². The monoisotopic (exact) mass is 440 g/mol. The van der Waals surface area contributed by atoms with E-state index in [4.69, 9.17) is 4.74 Å². The highest BCUT2D eigenvalue weighted by Gasteiger charge is 2.56. The summed E-state index contributed by atoms with van der Waals surface area (Å²) in [6, 6.07) is 5.74. The number of carbonyl (C=O) groups is 2. The molecule has 1 N–H and O–H groups in total. The number of non-ortho nitro benzene ring substituents is 1. The van der Waals surface area contributed by atoms with E-state index in [-0.39, 0.29) is 5.69 Å². The van der Waals surface area contributed by atoms with Gasteiger partial charge in [-0.05, 0) is 57.9 Å². The number of hydrogen-bond acceptors (Lipinski definition) is 5. The van der Waals surface area contributed by atoms with E-state index in [1.807, 2.05) is 0 Å². The summed E-state index contributed by atoms with van der Waals surface area (Å²) >= 11 is 3.42. The maximum absolute atomic E-state index is 12.8. The lowest BCUT2D eigenvalue weighted by molar-refractivity contribution is -0.384. The number of aliphatic carboxylic acids is 1. The number of alkyl halides is 1. The number of rotatable bonds is 3. The Hall–Kier alpha value is -2.42. The van der Waals surface area contributed by atoms with Crippen molar-refractivity contribution in [3.63, 3.8) is 0 Å². The minimum atomic E-state index is -1.62. The third-order valence-electron chi connectivity index (χ3n) is 4.33. The second-order valence-electron chi connectivity index (χ2n) is 7.43. The number of benzene rings is 1. The normalized spacial score (nSPS) is 22.7. The zero-order chi connectivity index (χ0) is 20.7. The second-order valence-corrected chi connectivity index (χ2v) is 8.35.